The highest BCUT2D eigenvalue weighted by Gasteiger charge is 2.15. The van der Waals surface area contributed by atoms with Crippen LogP contribution in [-0.4, -0.2) is 21.2 Å². The molecule has 0 aliphatic heterocycles. The third-order valence-electron chi connectivity index (χ3n) is 3.10. The van der Waals surface area contributed by atoms with Gasteiger partial charge in [0.15, 0.2) is 0 Å². The molecule has 2 aromatic carbocycles. The first-order valence-corrected chi connectivity index (χ1v) is 7.05. The molecule has 1 N–H and O–H groups in total. The molecule has 0 unspecified atom stereocenters. The Bertz CT molecular complexity index is 835. The Balaban J connectivity index is 2.47. The highest BCUT2D eigenvalue weighted by Crippen LogP contribution is 2.32. The fraction of sp³-hybridized carbons (Fsp3) is 0.0714. The maximum absolute atomic E-state index is 10.9. The largest absolute Gasteiger partial charge is 0.506 e. The third kappa shape index (κ3) is 3.51. The maximum atomic E-state index is 10.9. The number of phenolic OH excluding ortho intramolecular Hbond substituents is 1. The lowest BCUT2D eigenvalue weighted by atomic mass is 10.1. The number of hydrogen-bond donors (Lipinski definition) is 1. The number of nitro groups is 2. The zero-order chi connectivity index (χ0) is 17.1. The predicted molar refractivity (Wildman–Crippen MR) is 87.5 cm³/mol. The van der Waals surface area contributed by atoms with Crippen LogP contribution in [0.1, 0.15) is 11.1 Å². The summed E-state index contributed by atoms with van der Waals surface area (Å²) in [7, 11) is 0. The first-order chi connectivity index (χ1) is 10.8. The van der Waals surface area contributed by atoms with E-state index in [9.17, 15) is 25.3 Å². The quantitative estimate of drug-likeness (QED) is 0.488. The Labute approximate surface area is 138 Å². The van der Waals surface area contributed by atoms with E-state index in [2.05, 4.69) is 20.9 Å². The van der Waals surface area contributed by atoms with Crippen LogP contribution in [-0.2, 0) is 0 Å². The van der Waals surface area contributed by atoms with E-state index >= 15 is 0 Å². The van der Waals surface area contributed by atoms with Crippen LogP contribution in [0.15, 0.2) is 39.8 Å². The van der Waals surface area contributed by atoms with Gasteiger partial charge in [0.05, 0.1) is 25.6 Å². The van der Waals surface area contributed by atoms with Crippen molar-refractivity contribution in [1.82, 2.24) is 0 Å². The zero-order valence-electron chi connectivity index (χ0n) is 11.8. The second-order valence-corrected chi connectivity index (χ2v) is 5.41. The number of phenols is 1. The van der Waals surface area contributed by atoms with E-state index in [1.165, 1.54) is 24.4 Å². The number of hydrogen-bond acceptors (Lipinski definition) is 6. The molecular weight excluding hydrogens is 370 g/mol. The number of halogens is 1. The highest BCUT2D eigenvalue weighted by atomic mass is 79.9. The lowest BCUT2D eigenvalue weighted by molar-refractivity contribution is -0.385. The molecule has 0 saturated heterocycles. The summed E-state index contributed by atoms with van der Waals surface area (Å²) in [5.41, 5.74) is 0.520. The number of nitro benzene ring substituents is 2. The molecule has 118 valence electrons. The third-order valence-corrected chi connectivity index (χ3v) is 3.71. The van der Waals surface area contributed by atoms with Crippen molar-refractivity contribution in [3.05, 3.63) is 66.2 Å². The Morgan fingerprint density at radius 2 is 1.91 bits per heavy atom. The summed E-state index contributed by atoms with van der Waals surface area (Å²) in [6.45, 7) is 1.55. The molecule has 0 atom stereocenters. The molecule has 0 aliphatic rings. The number of non-ortho nitro benzene ring substituents is 1. The van der Waals surface area contributed by atoms with E-state index in [-0.39, 0.29) is 27.2 Å². The van der Waals surface area contributed by atoms with Crippen LogP contribution in [0.25, 0.3) is 0 Å². The second kappa shape index (κ2) is 6.53. The summed E-state index contributed by atoms with van der Waals surface area (Å²) >= 11 is 3.03. The topological polar surface area (TPSA) is 119 Å². The predicted octanol–water partition coefficient (Wildman–Crippen LogP) is 4.03. The van der Waals surface area contributed by atoms with Gasteiger partial charge in [-0.05, 0) is 28.9 Å². The molecule has 0 saturated carbocycles. The Morgan fingerprint density at radius 3 is 2.52 bits per heavy atom. The van der Waals surface area contributed by atoms with E-state index in [0.717, 1.165) is 6.07 Å². The molecule has 0 fully saturated rings. The van der Waals surface area contributed by atoms with Gasteiger partial charge in [0.25, 0.3) is 11.4 Å². The summed E-state index contributed by atoms with van der Waals surface area (Å²) in [4.78, 5) is 24.7. The average Bonchev–Trinajstić information content (AvgIpc) is 2.49. The normalized spacial score (nSPS) is 10.9. The Hall–Kier alpha value is -2.81. The molecule has 8 nitrogen and oxygen atoms in total. The van der Waals surface area contributed by atoms with Crippen LogP contribution < -0.4 is 0 Å². The summed E-state index contributed by atoms with van der Waals surface area (Å²) < 4.78 is 0.156. The van der Waals surface area contributed by atoms with Crippen LogP contribution in [0, 0.1) is 27.2 Å². The van der Waals surface area contributed by atoms with Gasteiger partial charge >= 0.3 is 0 Å². The lowest BCUT2D eigenvalue weighted by Gasteiger charge is -2.03. The molecular formula is C14H10BrN3O5. The van der Waals surface area contributed by atoms with E-state index < -0.39 is 9.85 Å². The number of nitrogens with zero attached hydrogens (tertiary/aromatic N) is 3. The number of benzene rings is 2. The smallest absolute Gasteiger partial charge is 0.274 e. The minimum absolute atomic E-state index is 0.0795. The fourth-order valence-electron chi connectivity index (χ4n) is 1.90. The zero-order valence-corrected chi connectivity index (χ0v) is 13.3. The van der Waals surface area contributed by atoms with Crippen molar-refractivity contribution in [3.63, 3.8) is 0 Å². The first kappa shape index (κ1) is 16.6. The van der Waals surface area contributed by atoms with Gasteiger partial charge in [0.1, 0.15) is 5.75 Å². The molecule has 9 heteroatoms. The highest BCUT2D eigenvalue weighted by molar-refractivity contribution is 9.10. The summed E-state index contributed by atoms with van der Waals surface area (Å²) in [5.74, 6) is -0.206. The molecule has 0 amide bonds. The van der Waals surface area contributed by atoms with Crippen LogP contribution in [0.2, 0.25) is 0 Å². The van der Waals surface area contributed by atoms with Gasteiger partial charge in [0, 0.05) is 30.0 Å². The Morgan fingerprint density at radius 1 is 1.22 bits per heavy atom. The first-order valence-electron chi connectivity index (χ1n) is 6.26. The number of aromatic hydroxyl groups is 1. The standard InChI is InChI=1S/C14H10BrN3O5/c1-8-12(3-2-4-13(8)18(22)23)16-7-9-5-10(17(20)21)6-11(15)14(9)19/h2-7,19H,1H3. The minimum Gasteiger partial charge on any atom is -0.506 e. The summed E-state index contributed by atoms with van der Waals surface area (Å²) in [5, 5.41) is 31.7. The lowest BCUT2D eigenvalue weighted by Crippen LogP contribution is -1.93. The van der Waals surface area contributed by atoms with Gasteiger partial charge in [0.2, 0.25) is 0 Å². The van der Waals surface area contributed by atoms with Crippen LogP contribution in [0.3, 0.4) is 0 Å². The van der Waals surface area contributed by atoms with Crippen molar-refractivity contribution in [2.24, 2.45) is 4.99 Å². The van der Waals surface area contributed by atoms with E-state index in [4.69, 9.17) is 0 Å². The molecule has 0 bridgehead atoms. The van der Waals surface area contributed by atoms with Crippen molar-refractivity contribution in [3.8, 4) is 5.75 Å². The molecule has 2 rings (SSSR count). The molecule has 0 spiro atoms. The average molecular weight is 380 g/mol. The minimum atomic E-state index is -0.597. The second-order valence-electron chi connectivity index (χ2n) is 4.56. The molecule has 0 heterocycles. The number of rotatable bonds is 4. The monoisotopic (exact) mass is 379 g/mol. The van der Waals surface area contributed by atoms with Crippen LogP contribution in [0.4, 0.5) is 17.1 Å². The van der Waals surface area contributed by atoms with E-state index in [0.29, 0.717) is 11.3 Å². The van der Waals surface area contributed by atoms with Crippen molar-refractivity contribution in [2.75, 3.05) is 0 Å². The van der Waals surface area contributed by atoms with Gasteiger partial charge in [-0.15, -0.1) is 0 Å². The van der Waals surface area contributed by atoms with Crippen molar-refractivity contribution in [1.29, 1.82) is 0 Å². The molecule has 0 aliphatic carbocycles. The summed E-state index contributed by atoms with van der Waals surface area (Å²) in [6, 6.07) is 6.75. The Kier molecular flexibility index (Phi) is 4.70. The fourth-order valence-corrected chi connectivity index (χ4v) is 2.36. The number of aliphatic imine (C=N–C) groups is 1. The SMILES string of the molecule is Cc1c(N=Cc2cc([N+](=O)[O-])cc(Br)c2O)cccc1[N+](=O)[O-]. The molecule has 0 radical (unpaired) electrons. The van der Waals surface area contributed by atoms with E-state index in [1.807, 2.05) is 0 Å². The van der Waals surface area contributed by atoms with Crippen LogP contribution >= 0.6 is 15.9 Å². The summed E-state index contributed by atoms with van der Waals surface area (Å²) in [6.07, 6.45) is 1.22. The van der Waals surface area contributed by atoms with Gasteiger partial charge < -0.3 is 5.11 Å². The van der Waals surface area contributed by atoms with Crippen molar-refractivity contribution in [2.45, 2.75) is 6.92 Å². The van der Waals surface area contributed by atoms with Gasteiger partial charge in [-0.25, -0.2) is 0 Å². The van der Waals surface area contributed by atoms with Crippen molar-refractivity contribution >= 4 is 39.2 Å². The molecule has 0 aromatic heterocycles. The molecule has 23 heavy (non-hydrogen) atoms. The maximum Gasteiger partial charge on any atom is 0.274 e. The molecule has 2 aromatic rings. The van der Waals surface area contributed by atoms with Gasteiger partial charge in [-0.3, -0.25) is 25.2 Å². The van der Waals surface area contributed by atoms with Crippen molar-refractivity contribution < 1.29 is 15.0 Å². The van der Waals surface area contributed by atoms with E-state index in [1.54, 1.807) is 13.0 Å². The van der Waals surface area contributed by atoms with Gasteiger partial charge in [-0.1, -0.05) is 6.07 Å². The van der Waals surface area contributed by atoms with Crippen LogP contribution in [0.5, 0.6) is 5.75 Å². The van der Waals surface area contributed by atoms with Gasteiger partial charge in [-0.2, -0.15) is 0 Å².